The third-order valence-electron chi connectivity index (χ3n) is 4.68. The maximum Gasteiger partial charge on any atom is 0.309 e. The number of ether oxygens (including phenoxy) is 1. The van der Waals surface area contributed by atoms with Crippen LogP contribution in [0.5, 0.6) is 0 Å². The molecule has 0 aliphatic carbocycles. The molecule has 1 unspecified atom stereocenters. The molecule has 0 fully saturated rings. The van der Waals surface area contributed by atoms with Crippen LogP contribution in [0.25, 0.3) is 0 Å². The van der Waals surface area contributed by atoms with Crippen LogP contribution in [0.3, 0.4) is 0 Å². The van der Waals surface area contributed by atoms with E-state index in [1.54, 1.807) is 0 Å². The van der Waals surface area contributed by atoms with Crippen molar-refractivity contribution in [2.75, 3.05) is 13.2 Å². The van der Waals surface area contributed by atoms with Crippen LogP contribution < -0.4 is 0 Å². The predicted molar refractivity (Wildman–Crippen MR) is 135 cm³/mol. The van der Waals surface area contributed by atoms with Gasteiger partial charge in [-0.15, -0.1) is 0 Å². The molecule has 0 radical (unpaired) electrons. The van der Waals surface area contributed by atoms with Gasteiger partial charge in [-0.2, -0.15) is 0 Å². The maximum atomic E-state index is 12.2. The molecule has 1 atom stereocenters. The fraction of sp³-hybridized carbons (Fsp3) is 0.536. The Balaban J connectivity index is 3.98. The minimum Gasteiger partial charge on any atom is -0.457 e. The van der Waals surface area contributed by atoms with Crippen LogP contribution in [-0.4, -0.2) is 35.5 Å². The Labute approximate surface area is 195 Å². The molecule has 32 heavy (non-hydrogen) atoms. The van der Waals surface area contributed by atoms with E-state index < -0.39 is 6.10 Å². The van der Waals surface area contributed by atoms with E-state index in [4.69, 9.17) is 14.9 Å². The molecule has 0 aromatic carbocycles. The van der Waals surface area contributed by atoms with Gasteiger partial charge in [-0.1, -0.05) is 93.2 Å². The monoisotopic (exact) mass is 444 g/mol. The van der Waals surface area contributed by atoms with Crippen LogP contribution in [0.1, 0.15) is 71.6 Å². The molecule has 0 heterocycles. The van der Waals surface area contributed by atoms with Crippen LogP contribution in [0, 0.1) is 5.92 Å². The zero-order chi connectivity index (χ0) is 23.7. The first-order valence-corrected chi connectivity index (χ1v) is 12.0. The molecule has 0 amide bonds. The lowest BCUT2D eigenvalue weighted by Gasteiger charge is -2.18. The molecule has 0 aromatic heterocycles. The van der Waals surface area contributed by atoms with Gasteiger partial charge in [0.2, 0.25) is 0 Å². The summed E-state index contributed by atoms with van der Waals surface area (Å²) in [4.78, 5) is 12.2. The van der Waals surface area contributed by atoms with Crippen molar-refractivity contribution in [1.29, 1.82) is 0 Å². The van der Waals surface area contributed by atoms with Gasteiger partial charge < -0.3 is 14.9 Å². The summed E-state index contributed by atoms with van der Waals surface area (Å²) >= 11 is 0. The molecular formula is C28H44O4. The molecule has 180 valence electrons. The summed E-state index contributed by atoms with van der Waals surface area (Å²) in [7, 11) is 0. The number of hydrogen-bond acceptors (Lipinski definition) is 4. The van der Waals surface area contributed by atoms with E-state index in [2.05, 4.69) is 73.8 Å². The quantitative estimate of drug-likeness (QED) is 0.179. The predicted octanol–water partition coefficient (Wildman–Crippen LogP) is 6.39. The topological polar surface area (TPSA) is 66.8 Å². The molecule has 0 saturated carbocycles. The second-order valence-corrected chi connectivity index (χ2v) is 7.56. The van der Waals surface area contributed by atoms with Crippen LogP contribution in [0.15, 0.2) is 72.9 Å². The molecule has 0 saturated heterocycles. The number of esters is 1. The van der Waals surface area contributed by atoms with Crippen molar-refractivity contribution in [3.8, 4) is 0 Å². The third-order valence-corrected chi connectivity index (χ3v) is 4.68. The highest BCUT2D eigenvalue weighted by Gasteiger charge is 2.21. The summed E-state index contributed by atoms with van der Waals surface area (Å²) in [5.74, 6) is -0.579. The number of allylic oxidation sites excluding steroid dienone is 12. The van der Waals surface area contributed by atoms with Gasteiger partial charge in [-0.25, -0.2) is 0 Å². The third kappa shape index (κ3) is 18.6. The normalized spacial score (nSPS) is 13.9. The number of carbonyl (C=O) groups excluding carboxylic acids is 1. The minimum absolute atomic E-state index is 0.231. The van der Waals surface area contributed by atoms with E-state index in [1.165, 1.54) is 0 Å². The highest BCUT2D eigenvalue weighted by atomic mass is 16.6. The van der Waals surface area contributed by atoms with Gasteiger partial charge in [0.25, 0.3) is 0 Å². The summed E-state index contributed by atoms with van der Waals surface area (Å²) in [6, 6.07) is 0. The number of rotatable bonds is 19. The van der Waals surface area contributed by atoms with Crippen molar-refractivity contribution >= 4 is 5.97 Å². The standard InChI is InChI=1S/C28H44O4/c1-3-5-6-7-8-9-10-11-12-13-14-15-16-17-18-19-20-21-23-26(22-4-2)28(31)32-27(24-29)25-30/h5-6,8-9,11-12,14-15,17-18,20-21,26-27,29-30H,3-4,7,10,13,16,19,22-25H2,1-2H3/b6-5-,9-8-,12-11-,15-14-,18-17-,21-20-. The molecular weight excluding hydrogens is 400 g/mol. The van der Waals surface area contributed by atoms with Gasteiger partial charge in [0.1, 0.15) is 6.10 Å². The maximum absolute atomic E-state index is 12.2. The molecule has 0 aliphatic heterocycles. The highest BCUT2D eigenvalue weighted by molar-refractivity contribution is 5.72. The number of aliphatic hydroxyl groups is 2. The van der Waals surface area contributed by atoms with Crippen LogP contribution in [0.2, 0.25) is 0 Å². The van der Waals surface area contributed by atoms with Gasteiger partial charge in [0.15, 0.2) is 0 Å². The second-order valence-electron chi connectivity index (χ2n) is 7.56. The molecule has 4 nitrogen and oxygen atoms in total. The van der Waals surface area contributed by atoms with Gasteiger partial charge in [-0.05, 0) is 51.4 Å². The van der Waals surface area contributed by atoms with E-state index in [-0.39, 0.29) is 25.1 Å². The first-order chi connectivity index (χ1) is 15.7. The second kappa shape index (κ2) is 23.5. The van der Waals surface area contributed by atoms with E-state index in [0.29, 0.717) is 6.42 Å². The first-order valence-electron chi connectivity index (χ1n) is 12.0. The average molecular weight is 445 g/mol. The average Bonchev–Trinajstić information content (AvgIpc) is 2.80. The summed E-state index contributed by atoms with van der Waals surface area (Å²) in [5, 5.41) is 18.1. The number of aliphatic hydroxyl groups excluding tert-OH is 2. The smallest absolute Gasteiger partial charge is 0.309 e. The number of carbonyl (C=O) groups is 1. The SMILES string of the molecule is CC/C=C\C/C=C\C/C=C\C/C=C\C/C=C\C/C=C\CC(CCC)C(=O)OC(CO)CO. The van der Waals surface area contributed by atoms with Gasteiger partial charge in [-0.3, -0.25) is 4.79 Å². The number of hydrogen-bond donors (Lipinski definition) is 2. The first kappa shape index (κ1) is 29.8. The molecule has 0 rings (SSSR count). The van der Waals surface area contributed by atoms with E-state index in [0.717, 1.165) is 51.4 Å². The fourth-order valence-electron chi connectivity index (χ4n) is 2.86. The Bertz CT molecular complexity index is 607. The molecule has 0 aliphatic rings. The van der Waals surface area contributed by atoms with Crippen molar-refractivity contribution in [3.05, 3.63) is 72.9 Å². The zero-order valence-corrected chi connectivity index (χ0v) is 20.1. The summed E-state index contributed by atoms with van der Waals surface area (Å²) in [5.41, 5.74) is 0. The van der Waals surface area contributed by atoms with Crippen molar-refractivity contribution in [1.82, 2.24) is 0 Å². The Morgan fingerprint density at radius 2 is 1.09 bits per heavy atom. The molecule has 0 spiro atoms. The molecule has 0 aromatic rings. The van der Waals surface area contributed by atoms with Crippen molar-refractivity contribution in [2.45, 2.75) is 77.7 Å². The Morgan fingerprint density at radius 1 is 0.688 bits per heavy atom. The summed E-state index contributed by atoms with van der Waals surface area (Å²) < 4.78 is 5.15. The van der Waals surface area contributed by atoms with Crippen LogP contribution >= 0.6 is 0 Å². The zero-order valence-electron chi connectivity index (χ0n) is 20.1. The van der Waals surface area contributed by atoms with E-state index in [9.17, 15) is 4.79 Å². The summed E-state index contributed by atoms with van der Waals surface area (Å²) in [6.07, 6.45) is 33.0. The Hall–Kier alpha value is -2.17. The lowest BCUT2D eigenvalue weighted by molar-refractivity contribution is -0.158. The largest absolute Gasteiger partial charge is 0.457 e. The van der Waals surface area contributed by atoms with Gasteiger partial charge in [0.05, 0.1) is 19.1 Å². The minimum atomic E-state index is -0.827. The Kier molecular flexibility index (Phi) is 21.9. The van der Waals surface area contributed by atoms with Crippen molar-refractivity contribution in [2.24, 2.45) is 5.92 Å². The fourth-order valence-corrected chi connectivity index (χ4v) is 2.86. The van der Waals surface area contributed by atoms with E-state index in [1.807, 2.05) is 13.0 Å². The molecule has 0 bridgehead atoms. The van der Waals surface area contributed by atoms with Crippen molar-refractivity contribution < 1.29 is 19.7 Å². The summed E-state index contributed by atoms with van der Waals surface area (Å²) in [6.45, 7) is 3.45. The van der Waals surface area contributed by atoms with Crippen molar-refractivity contribution in [3.63, 3.8) is 0 Å². The lowest BCUT2D eigenvalue weighted by Crippen LogP contribution is -2.29. The van der Waals surface area contributed by atoms with Gasteiger partial charge >= 0.3 is 5.97 Å². The molecule has 4 heteroatoms. The lowest BCUT2D eigenvalue weighted by atomic mass is 9.99. The van der Waals surface area contributed by atoms with Gasteiger partial charge in [0, 0.05) is 0 Å². The van der Waals surface area contributed by atoms with E-state index >= 15 is 0 Å². The van der Waals surface area contributed by atoms with Crippen LogP contribution in [0.4, 0.5) is 0 Å². The molecule has 2 N–H and O–H groups in total. The Morgan fingerprint density at radius 3 is 1.47 bits per heavy atom. The van der Waals surface area contributed by atoms with Crippen LogP contribution in [-0.2, 0) is 9.53 Å². The highest BCUT2D eigenvalue weighted by Crippen LogP contribution is 2.15.